The van der Waals surface area contributed by atoms with Gasteiger partial charge in [0.05, 0.1) is 5.75 Å². The van der Waals surface area contributed by atoms with Crippen molar-refractivity contribution in [3.63, 3.8) is 0 Å². The second-order valence-electron chi connectivity index (χ2n) is 4.37. The summed E-state index contributed by atoms with van der Waals surface area (Å²) in [6, 6.07) is 12.9. The number of hydrogen-bond donors (Lipinski definition) is 2. The Morgan fingerprint density at radius 2 is 1.95 bits per heavy atom. The zero-order valence-electron chi connectivity index (χ0n) is 11.0. The molecule has 0 atom stereocenters. The lowest BCUT2D eigenvalue weighted by molar-refractivity contribution is -0.113. The highest BCUT2D eigenvalue weighted by Crippen LogP contribution is 2.22. The third kappa shape index (κ3) is 4.18. The molecule has 3 N–H and O–H groups in total. The average Bonchev–Trinajstić information content (AvgIpc) is 2.42. The molecular weight excluding hydrogens is 292 g/mol. The molecule has 0 unspecified atom stereocenters. The van der Waals surface area contributed by atoms with Gasteiger partial charge in [0.1, 0.15) is 0 Å². The summed E-state index contributed by atoms with van der Waals surface area (Å²) < 4.78 is 0. The molecule has 0 heterocycles. The SMILES string of the molecule is Cc1ccc(Cl)cc1NC(=O)CSc1ccc(N)cc1. The number of hydrogen-bond acceptors (Lipinski definition) is 3. The highest BCUT2D eigenvalue weighted by atomic mass is 35.5. The van der Waals surface area contributed by atoms with Gasteiger partial charge in [0.25, 0.3) is 0 Å². The first-order valence-corrected chi connectivity index (χ1v) is 7.45. The Labute approximate surface area is 127 Å². The number of halogens is 1. The maximum Gasteiger partial charge on any atom is 0.234 e. The predicted octanol–water partition coefficient (Wildman–Crippen LogP) is 3.96. The minimum absolute atomic E-state index is 0.0582. The van der Waals surface area contributed by atoms with Crippen molar-refractivity contribution in [2.24, 2.45) is 0 Å². The molecule has 20 heavy (non-hydrogen) atoms. The lowest BCUT2D eigenvalue weighted by atomic mass is 10.2. The topological polar surface area (TPSA) is 55.1 Å². The van der Waals surface area contributed by atoms with Crippen LogP contribution in [0.1, 0.15) is 5.56 Å². The molecule has 0 saturated carbocycles. The van der Waals surface area contributed by atoms with Gasteiger partial charge in [-0.15, -0.1) is 11.8 Å². The number of nitrogen functional groups attached to an aromatic ring is 1. The number of rotatable bonds is 4. The number of amides is 1. The van der Waals surface area contributed by atoms with E-state index in [1.54, 1.807) is 12.1 Å². The van der Waals surface area contributed by atoms with Gasteiger partial charge in [-0.05, 0) is 48.9 Å². The van der Waals surface area contributed by atoms with E-state index < -0.39 is 0 Å². The number of nitrogens with two attached hydrogens (primary N) is 1. The normalized spacial score (nSPS) is 10.3. The van der Waals surface area contributed by atoms with Crippen LogP contribution in [0.3, 0.4) is 0 Å². The molecule has 0 saturated heterocycles. The number of carbonyl (C=O) groups is 1. The number of aryl methyl sites for hydroxylation is 1. The summed E-state index contributed by atoms with van der Waals surface area (Å²) in [7, 11) is 0. The number of thioether (sulfide) groups is 1. The van der Waals surface area contributed by atoms with Crippen molar-refractivity contribution in [1.82, 2.24) is 0 Å². The summed E-state index contributed by atoms with van der Waals surface area (Å²) in [5.74, 6) is 0.285. The van der Waals surface area contributed by atoms with E-state index in [2.05, 4.69) is 5.32 Å². The van der Waals surface area contributed by atoms with Gasteiger partial charge < -0.3 is 11.1 Å². The number of carbonyl (C=O) groups excluding carboxylic acids is 1. The molecule has 0 bridgehead atoms. The highest BCUT2D eigenvalue weighted by Gasteiger charge is 2.06. The van der Waals surface area contributed by atoms with E-state index in [1.807, 2.05) is 37.3 Å². The van der Waals surface area contributed by atoms with Crippen molar-refractivity contribution in [1.29, 1.82) is 0 Å². The van der Waals surface area contributed by atoms with Gasteiger partial charge in [-0.1, -0.05) is 17.7 Å². The third-order valence-electron chi connectivity index (χ3n) is 2.72. The van der Waals surface area contributed by atoms with Gasteiger partial charge in [0.15, 0.2) is 0 Å². The molecule has 2 rings (SSSR count). The van der Waals surface area contributed by atoms with Crippen LogP contribution in [0.2, 0.25) is 5.02 Å². The van der Waals surface area contributed by atoms with Crippen LogP contribution in [0.5, 0.6) is 0 Å². The Hall–Kier alpha value is -1.65. The monoisotopic (exact) mass is 306 g/mol. The van der Waals surface area contributed by atoms with Crippen LogP contribution in [0.15, 0.2) is 47.4 Å². The van der Waals surface area contributed by atoms with Gasteiger partial charge in [-0.2, -0.15) is 0 Å². The van der Waals surface area contributed by atoms with Crippen molar-refractivity contribution >= 4 is 40.6 Å². The largest absolute Gasteiger partial charge is 0.399 e. The molecule has 0 aliphatic heterocycles. The first-order valence-electron chi connectivity index (χ1n) is 6.09. The molecule has 0 spiro atoms. The fraction of sp³-hybridized carbons (Fsp3) is 0.133. The molecule has 104 valence electrons. The zero-order chi connectivity index (χ0) is 14.5. The molecule has 0 aromatic heterocycles. The van der Waals surface area contributed by atoms with Crippen LogP contribution < -0.4 is 11.1 Å². The molecule has 0 aliphatic rings. The van der Waals surface area contributed by atoms with Crippen LogP contribution in [0.4, 0.5) is 11.4 Å². The summed E-state index contributed by atoms with van der Waals surface area (Å²) in [6.45, 7) is 1.93. The van der Waals surface area contributed by atoms with Crippen molar-refractivity contribution < 1.29 is 4.79 Å². The van der Waals surface area contributed by atoms with E-state index in [0.29, 0.717) is 16.5 Å². The summed E-state index contributed by atoms with van der Waals surface area (Å²) in [4.78, 5) is 12.9. The highest BCUT2D eigenvalue weighted by molar-refractivity contribution is 8.00. The first kappa shape index (κ1) is 14.8. The van der Waals surface area contributed by atoms with E-state index in [4.69, 9.17) is 17.3 Å². The van der Waals surface area contributed by atoms with Gasteiger partial charge >= 0.3 is 0 Å². The lowest BCUT2D eigenvalue weighted by Gasteiger charge is -2.08. The van der Waals surface area contributed by atoms with Gasteiger partial charge in [-0.3, -0.25) is 4.79 Å². The number of benzene rings is 2. The summed E-state index contributed by atoms with van der Waals surface area (Å²) in [5.41, 5.74) is 8.07. The fourth-order valence-corrected chi connectivity index (χ4v) is 2.50. The Balaban J connectivity index is 1.92. The summed E-state index contributed by atoms with van der Waals surface area (Å²) in [6.07, 6.45) is 0. The molecule has 0 radical (unpaired) electrons. The molecule has 0 fully saturated rings. The maximum atomic E-state index is 11.9. The minimum atomic E-state index is -0.0582. The van der Waals surface area contributed by atoms with Crippen LogP contribution in [0.25, 0.3) is 0 Å². The van der Waals surface area contributed by atoms with Gasteiger partial charge in [-0.25, -0.2) is 0 Å². The van der Waals surface area contributed by atoms with Gasteiger partial charge in [0, 0.05) is 21.3 Å². The van der Waals surface area contributed by atoms with Gasteiger partial charge in [0.2, 0.25) is 5.91 Å². The number of anilines is 2. The van der Waals surface area contributed by atoms with Crippen LogP contribution in [-0.2, 0) is 4.79 Å². The summed E-state index contributed by atoms with van der Waals surface area (Å²) >= 11 is 7.39. The molecule has 1 amide bonds. The molecule has 2 aromatic rings. The minimum Gasteiger partial charge on any atom is -0.399 e. The molecule has 0 aliphatic carbocycles. The van der Waals surface area contributed by atoms with E-state index >= 15 is 0 Å². The molecule has 2 aromatic carbocycles. The fourth-order valence-electron chi connectivity index (χ4n) is 1.63. The van der Waals surface area contributed by atoms with E-state index in [0.717, 1.165) is 16.1 Å². The second kappa shape index (κ2) is 6.68. The van der Waals surface area contributed by atoms with Crippen molar-refractivity contribution in [3.8, 4) is 0 Å². The second-order valence-corrected chi connectivity index (χ2v) is 5.85. The lowest BCUT2D eigenvalue weighted by Crippen LogP contribution is -2.14. The van der Waals surface area contributed by atoms with Crippen LogP contribution in [0, 0.1) is 6.92 Å². The third-order valence-corrected chi connectivity index (χ3v) is 3.97. The van der Waals surface area contributed by atoms with E-state index in [1.165, 1.54) is 11.8 Å². The Kier molecular flexibility index (Phi) is 4.93. The number of nitrogens with one attached hydrogen (secondary N) is 1. The van der Waals surface area contributed by atoms with E-state index in [-0.39, 0.29) is 5.91 Å². The molecular formula is C15H15ClN2OS. The average molecular weight is 307 g/mol. The van der Waals surface area contributed by atoms with Crippen molar-refractivity contribution in [2.45, 2.75) is 11.8 Å². The first-order chi connectivity index (χ1) is 9.54. The Morgan fingerprint density at radius 1 is 1.25 bits per heavy atom. The van der Waals surface area contributed by atoms with Crippen molar-refractivity contribution in [2.75, 3.05) is 16.8 Å². The standard InChI is InChI=1S/C15H15ClN2OS/c1-10-2-3-11(16)8-14(10)18-15(19)9-20-13-6-4-12(17)5-7-13/h2-8H,9,17H2,1H3,(H,18,19). The van der Waals surface area contributed by atoms with Crippen molar-refractivity contribution in [3.05, 3.63) is 53.1 Å². The Bertz CT molecular complexity index is 614. The summed E-state index contributed by atoms with van der Waals surface area (Å²) in [5, 5.41) is 3.47. The quantitative estimate of drug-likeness (QED) is 0.664. The zero-order valence-corrected chi connectivity index (χ0v) is 12.6. The predicted molar refractivity (Wildman–Crippen MR) is 86.4 cm³/mol. The molecule has 5 heteroatoms. The van der Waals surface area contributed by atoms with Crippen LogP contribution >= 0.6 is 23.4 Å². The maximum absolute atomic E-state index is 11.9. The van der Waals surface area contributed by atoms with Crippen LogP contribution in [-0.4, -0.2) is 11.7 Å². The van der Waals surface area contributed by atoms with E-state index in [9.17, 15) is 4.79 Å². The smallest absolute Gasteiger partial charge is 0.234 e. The molecule has 3 nitrogen and oxygen atoms in total. The Morgan fingerprint density at radius 3 is 2.65 bits per heavy atom.